The Morgan fingerprint density at radius 1 is 1.00 bits per heavy atom. The summed E-state index contributed by atoms with van der Waals surface area (Å²) in [6.07, 6.45) is -1.68. The molecule has 2 aromatic heterocycles. The maximum atomic E-state index is 13.0. The number of hydrogen-bond acceptors (Lipinski definition) is 8. The van der Waals surface area contributed by atoms with Crippen molar-refractivity contribution in [3.63, 3.8) is 0 Å². The number of fused-ring (bicyclic) bond motifs is 1. The number of carbonyl (C=O) groups excluding carboxylic acids is 1. The number of anilines is 1. The summed E-state index contributed by atoms with van der Waals surface area (Å²) in [6.45, 7) is 1.08. The smallest absolute Gasteiger partial charge is 0.422 e. The average Bonchev–Trinajstić information content (AvgIpc) is 3.34. The number of rotatable bonds is 11. The van der Waals surface area contributed by atoms with E-state index < -0.39 is 18.7 Å². The normalized spacial score (nSPS) is 11.4. The summed E-state index contributed by atoms with van der Waals surface area (Å²) in [4.78, 5) is 17.3. The standard InChI is InChI=1S/C27H28F3N5O5/c1-16-11-17(33-26(36)25-24(39-15-27(28,29)30)14-35(34-25)10-9-31-2)5-6-20(16)40-21-7-8-32-19-13-23(38-4)22(37-3)12-18(19)21/h5-8,11-14,31H,9-10,15H2,1-4H3,(H,33,36). The number of hydrogen-bond donors (Lipinski definition) is 2. The second kappa shape index (κ2) is 12.1. The van der Waals surface area contributed by atoms with Crippen LogP contribution in [0.5, 0.6) is 28.7 Å². The van der Waals surface area contributed by atoms with Crippen LogP contribution < -0.4 is 29.6 Å². The zero-order chi connectivity index (χ0) is 28.9. The molecule has 0 atom stereocenters. The van der Waals surface area contributed by atoms with Crippen LogP contribution in [0.4, 0.5) is 18.9 Å². The summed E-state index contributed by atoms with van der Waals surface area (Å²) in [6, 6.07) is 10.2. The first kappa shape index (κ1) is 28.5. The molecular weight excluding hydrogens is 531 g/mol. The van der Waals surface area contributed by atoms with Crippen LogP contribution in [0.25, 0.3) is 10.9 Å². The molecule has 4 aromatic rings. The van der Waals surface area contributed by atoms with Gasteiger partial charge in [-0.3, -0.25) is 14.5 Å². The predicted molar refractivity (Wildman–Crippen MR) is 142 cm³/mol. The highest BCUT2D eigenvalue weighted by Crippen LogP contribution is 2.37. The van der Waals surface area contributed by atoms with Crippen LogP contribution in [0, 0.1) is 6.92 Å². The third-order valence-corrected chi connectivity index (χ3v) is 5.79. The van der Waals surface area contributed by atoms with E-state index in [0.717, 1.165) is 0 Å². The lowest BCUT2D eigenvalue weighted by atomic mass is 10.1. The number of alkyl halides is 3. The van der Waals surface area contributed by atoms with E-state index in [4.69, 9.17) is 18.9 Å². The van der Waals surface area contributed by atoms with Gasteiger partial charge in [0.25, 0.3) is 5.91 Å². The van der Waals surface area contributed by atoms with Crippen LogP contribution >= 0.6 is 0 Å². The Hall–Kier alpha value is -4.52. The van der Waals surface area contributed by atoms with Crippen molar-refractivity contribution in [1.29, 1.82) is 0 Å². The van der Waals surface area contributed by atoms with E-state index in [9.17, 15) is 18.0 Å². The van der Waals surface area contributed by atoms with Crippen molar-refractivity contribution in [2.75, 3.05) is 39.7 Å². The number of ether oxygens (including phenoxy) is 4. The molecule has 10 nitrogen and oxygen atoms in total. The summed E-state index contributed by atoms with van der Waals surface area (Å²) in [5.41, 5.74) is 1.48. The first-order chi connectivity index (χ1) is 19.1. The number of halogens is 3. The van der Waals surface area contributed by atoms with Crippen molar-refractivity contribution in [3.05, 3.63) is 60.0 Å². The highest BCUT2D eigenvalue weighted by atomic mass is 19.4. The minimum absolute atomic E-state index is 0.258. The molecule has 0 radical (unpaired) electrons. The van der Waals surface area contributed by atoms with E-state index in [1.807, 2.05) is 0 Å². The molecule has 0 aliphatic rings. The van der Waals surface area contributed by atoms with Crippen molar-refractivity contribution in [1.82, 2.24) is 20.1 Å². The fourth-order valence-electron chi connectivity index (χ4n) is 3.85. The zero-order valence-corrected chi connectivity index (χ0v) is 22.3. The van der Waals surface area contributed by atoms with Gasteiger partial charge in [0.1, 0.15) is 11.5 Å². The highest BCUT2D eigenvalue weighted by molar-refractivity contribution is 6.04. The van der Waals surface area contributed by atoms with Gasteiger partial charge in [0, 0.05) is 29.9 Å². The van der Waals surface area contributed by atoms with Gasteiger partial charge in [-0.05, 0) is 49.9 Å². The highest BCUT2D eigenvalue weighted by Gasteiger charge is 2.30. The van der Waals surface area contributed by atoms with E-state index in [1.165, 1.54) is 18.0 Å². The summed E-state index contributed by atoms with van der Waals surface area (Å²) in [5.74, 6) is 1.13. The number of pyridine rings is 1. The quantitative estimate of drug-likeness (QED) is 0.266. The van der Waals surface area contributed by atoms with Gasteiger partial charge in [-0.15, -0.1) is 0 Å². The summed E-state index contributed by atoms with van der Waals surface area (Å²) >= 11 is 0. The molecular formula is C27H28F3N5O5. The molecule has 0 spiro atoms. The maximum absolute atomic E-state index is 13.0. The lowest BCUT2D eigenvalue weighted by Gasteiger charge is -2.14. The Kier molecular flexibility index (Phi) is 8.63. The van der Waals surface area contributed by atoms with Gasteiger partial charge in [-0.2, -0.15) is 18.3 Å². The lowest BCUT2D eigenvalue weighted by Crippen LogP contribution is -2.21. The van der Waals surface area contributed by atoms with Crippen molar-refractivity contribution >= 4 is 22.5 Å². The van der Waals surface area contributed by atoms with Crippen LogP contribution in [-0.2, 0) is 6.54 Å². The Bertz CT molecular complexity index is 1510. The molecule has 0 aliphatic carbocycles. The summed E-state index contributed by atoms with van der Waals surface area (Å²) in [7, 11) is 4.80. The molecule has 0 unspecified atom stereocenters. The number of nitrogens with one attached hydrogen (secondary N) is 2. The molecule has 2 aromatic carbocycles. The Morgan fingerprint density at radius 2 is 1.75 bits per heavy atom. The van der Waals surface area contributed by atoms with Crippen LogP contribution in [0.15, 0.2) is 48.8 Å². The topological polar surface area (TPSA) is 109 Å². The monoisotopic (exact) mass is 559 g/mol. The van der Waals surface area contributed by atoms with Gasteiger partial charge in [0.15, 0.2) is 29.5 Å². The van der Waals surface area contributed by atoms with Gasteiger partial charge >= 0.3 is 6.18 Å². The minimum atomic E-state index is -4.56. The molecule has 0 fully saturated rings. The summed E-state index contributed by atoms with van der Waals surface area (Å²) in [5, 5.41) is 10.4. The fourth-order valence-corrected chi connectivity index (χ4v) is 3.85. The number of likely N-dealkylation sites (N-methyl/N-ethyl adjacent to an activating group) is 1. The number of methoxy groups -OCH3 is 2. The first-order valence-corrected chi connectivity index (χ1v) is 12.1. The molecule has 1 amide bonds. The van der Waals surface area contributed by atoms with E-state index in [2.05, 4.69) is 20.7 Å². The van der Waals surface area contributed by atoms with Gasteiger partial charge in [-0.1, -0.05) is 0 Å². The van der Waals surface area contributed by atoms with Crippen molar-refractivity contribution in [2.45, 2.75) is 19.6 Å². The molecule has 0 bridgehead atoms. The van der Waals surface area contributed by atoms with Crippen molar-refractivity contribution < 1.29 is 36.9 Å². The molecule has 40 heavy (non-hydrogen) atoms. The van der Waals surface area contributed by atoms with Crippen molar-refractivity contribution in [2.24, 2.45) is 0 Å². The maximum Gasteiger partial charge on any atom is 0.422 e. The van der Waals surface area contributed by atoms with E-state index in [-0.39, 0.29) is 11.4 Å². The minimum Gasteiger partial charge on any atom is -0.493 e. The summed E-state index contributed by atoms with van der Waals surface area (Å²) < 4.78 is 61.3. The van der Waals surface area contributed by atoms with E-state index >= 15 is 0 Å². The molecule has 0 aliphatic heterocycles. The predicted octanol–water partition coefficient (Wildman–Crippen LogP) is 4.96. The van der Waals surface area contributed by atoms with Crippen molar-refractivity contribution in [3.8, 4) is 28.7 Å². The number of aromatic nitrogens is 3. The molecule has 13 heteroatoms. The molecule has 2 N–H and O–H groups in total. The number of carbonyl (C=O) groups is 1. The SMILES string of the molecule is CNCCn1cc(OCC(F)(F)F)c(C(=O)Nc2ccc(Oc3ccnc4cc(OC)c(OC)cc34)c(C)c2)n1. The second-order valence-electron chi connectivity index (χ2n) is 8.68. The Balaban J connectivity index is 1.54. The second-order valence-corrected chi connectivity index (χ2v) is 8.68. The van der Waals surface area contributed by atoms with Gasteiger partial charge in [0.05, 0.1) is 32.5 Å². The molecule has 0 saturated carbocycles. The third-order valence-electron chi connectivity index (χ3n) is 5.79. The number of nitrogens with zero attached hydrogens (tertiary/aromatic N) is 3. The lowest BCUT2D eigenvalue weighted by molar-refractivity contribution is -0.153. The first-order valence-electron chi connectivity index (χ1n) is 12.1. The molecule has 0 saturated heterocycles. The number of aryl methyl sites for hydroxylation is 1. The van der Waals surface area contributed by atoms with Crippen LogP contribution in [0.3, 0.4) is 0 Å². The van der Waals surface area contributed by atoms with E-state index in [0.29, 0.717) is 58.2 Å². The molecule has 2 heterocycles. The Labute approximate surface area is 228 Å². The fraction of sp³-hybridized carbons (Fsp3) is 0.296. The number of benzene rings is 2. The van der Waals surface area contributed by atoms with Gasteiger partial charge in [0.2, 0.25) is 0 Å². The molecule has 4 rings (SSSR count). The molecule has 212 valence electrons. The number of amides is 1. The van der Waals surface area contributed by atoms with Crippen LogP contribution in [0.2, 0.25) is 0 Å². The van der Waals surface area contributed by atoms with E-state index in [1.54, 1.807) is 63.7 Å². The average molecular weight is 560 g/mol. The zero-order valence-electron chi connectivity index (χ0n) is 22.3. The third kappa shape index (κ3) is 6.72. The largest absolute Gasteiger partial charge is 0.493 e. The van der Waals surface area contributed by atoms with Gasteiger partial charge < -0.3 is 29.6 Å². The van der Waals surface area contributed by atoms with Crippen LogP contribution in [0.1, 0.15) is 16.1 Å². The van der Waals surface area contributed by atoms with Crippen LogP contribution in [-0.4, -0.2) is 61.3 Å². The Morgan fingerprint density at radius 3 is 2.42 bits per heavy atom. The van der Waals surface area contributed by atoms with Gasteiger partial charge in [-0.25, -0.2) is 0 Å².